The van der Waals surface area contributed by atoms with Crippen molar-refractivity contribution in [3.63, 3.8) is 0 Å². The normalized spacial score (nSPS) is 11.0. The molecule has 0 aliphatic carbocycles. The van der Waals surface area contributed by atoms with Crippen molar-refractivity contribution in [1.29, 1.82) is 0 Å². The Bertz CT molecular complexity index is 1180. The van der Waals surface area contributed by atoms with Crippen LogP contribution in [0, 0.1) is 13.8 Å². The highest BCUT2D eigenvalue weighted by molar-refractivity contribution is 7.98. The van der Waals surface area contributed by atoms with Crippen molar-refractivity contribution in [2.24, 2.45) is 7.05 Å². The summed E-state index contributed by atoms with van der Waals surface area (Å²) in [6.07, 6.45) is 5.53. The predicted octanol–water partition coefficient (Wildman–Crippen LogP) is 4.65. The molecule has 0 radical (unpaired) electrons. The summed E-state index contributed by atoms with van der Waals surface area (Å²) < 4.78 is 1.93. The fourth-order valence-corrected chi connectivity index (χ4v) is 5.15. The highest BCUT2D eigenvalue weighted by Gasteiger charge is 2.21. The number of aryl methyl sites for hydroxylation is 3. The number of hydrogen-bond donors (Lipinski definition) is 1. The van der Waals surface area contributed by atoms with Crippen LogP contribution in [-0.2, 0) is 7.05 Å². The van der Waals surface area contributed by atoms with Crippen LogP contribution < -0.4 is 5.32 Å². The third-order valence-corrected chi connectivity index (χ3v) is 6.88. The maximum atomic E-state index is 13.0. The van der Waals surface area contributed by atoms with Crippen LogP contribution in [0.25, 0.3) is 21.4 Å². The summed E-state index contributed by atoms with van der Waals surface area (Å²) in [5.74, 6) is 1.20. The van der Waals surface area contributed by atoms with Crippen LogP contribution in [0.4, 0.5) is 5.13 Å². The van der Waals surface area contributed by atoms with Crippen LogP contribution in [-0.4, -0.2) is 36.7 Å². The van der Waals surface area contributed by atoms with Crippen LogP contribution in [0.2, 0.25) is 0 Å². The van der Waals surface area contributed by atoms with Gasteiger partial charge in [-0.3, -0.25) is 10.1 Å². The Hall–Kier alpha value is -2.56. The van der Waals surface area contributed by atoms with Crippen molar-refractivity contribution < 1.29 is 4.79 Å². The summed E-state index contributed by atoms with van der Waals surface area (Å²) >= 11 is 4.41. The molecule has 4 heterocycles. The average Bonchev–Trinajstić information content (AvgIpc) is 3.42. The van der Waals surface area contributed by atoms with Gasteiger partial charge in [0.15, 0.2) is 16.8 Å². The summed E-state index contributed by atoms with van der Waals surface area (Å²) in [5, 5.41) is 6.07. The minimum Gasteiger partial charge on any atom is -0.333 e. The van der Waals surface area contributed by atoms with Crippen LogP contribution in [0.3, 0.4) is 0 Å². The second-order valence-electron chi connectivity index (χ2n) is 6.24. The highest BCUT2D eigenvalue weighted by atomic mass is 32.2. The summed E-state index contributed by atoms with van der Waals surface area (Å²) in [6.45, 7) is 3.74. The van der Waals surface area contributed by atoms with Gasteiger partial charge in [-0.2, -0.15) is 0 Å². The van der Waals surface area contributed by atoms with E-state index in [1.165, 1.54) is 23.1 Å². The van der Waals surface area contributed by atoms with E-state index in [0.717, 1.165) is 21.3 Å². The zero-order valence-electron chi connectivity index (χ0n) is 16.3. The summed E-state index contributed by atoms with van der Waals surface area (Å²) in [7, 11) is 1.93. The van der Waals surface area contributed by atoms with Gasteiger partial charge in [0.05, 0.1) is 26.7 Å². The van der Waals surface area contributed by atoms with Crippen LogP contribution in [0.15, 0.2) is 34.9 Å². The first kappa shape index (κ1) is 19.7. The SMILES string of the molecule is CSc1nc(-c2cccs2)nc(C)c1C(=O)Nc1nc(C)c(-c2nccn2C)s1. The molecule has 1 N–H and O–H groups in total. The van der Waals surface area contributed by atoms with E-state index in [4.69, 9.17) is 0 Å². The van der Waals surface area contributed by atoms with Gasteiger partial charge in [0.25, 0.3) is 5.91 Å². The molecule has 7 nitrogen and oxygen atoms in total. The van der Waals surface area contributed by atoms with Gasteiger partial charge in [-0.1, -0.05) is 17.4 Å². The Kier molecular flexibility index (Phi) is 5.48. The molecule has 0 unspecified atom stereocenters. The number of carbonyl (C=O) groups is 1. The Morgan fingerprint density at radius 1 is 1.21 bits per heavy atom. The zero-order chi connectivity index (χ0) is 20.5. The van der Waals surface area contributed by atoms with Crippen LogP contribution >= 0.6 is 34.4 Å². The standard InChI is InChI=1S/C19H18N6OS3/c1-10-13(18(27-4)23-15(21-10)12-6-5-9-28-12)17(26)24-19-22-11(2)14(29-19)16-20-7-8-25(16)3/h5-9H,1-4H3,(H,22,24,26). The van der Waals surface area contributed by atoms with Gasteiger partial charge in [0, 0.05) is 19.4 Å². The number of imidazole rings is 1. The molecule has 0 bridgehead atoms. The number of aromatic nitrogens is 5. The van der Waals surface area contributed by atoms with E-state index < -0.39 is 0 Å². The molecule has 4 rings (SSSR count). The molecule has 1 amide bonds. The molecule has 0 saturated carbocycles. The minimum absolute atomic E-state index is 0.260. The van der Waals surface area contributed by atoms with Crippen molar-refractivity contribution in [2.45, 2.75) is 18.9 Å². The Morgan fingerprint density at radius 3 is 2.69 bits per heavy atom. The van der Waals surface area contributed by atoms with E-state index in [2.05, 4.69) is 25.3 Å². The van der Waals surface area contributed by atoms with E-state index >= 15 is 0 Å². The largest absolute Gasteiger partial charge is 0.333 e. The number of thiophene rings is 1. The first-order valence-electron chi connectivity index (χ1n) is 8.71. The lowest BCUT2D eigenvalue weighted by molar-refractivity contribution is 0.102. The fourth-order valence-electron chi connectivity index (χ4n) is 2.87. The molecule has 10 heteroatoms. The lowest BCUT2D eigenvalue weighted by Crippen LogP contribution is -2.16. The third kappa shape index (κ3) is 3.83. The molecular weight excluding hydrogens is 424 g/mol. The van der Waals surface area contributed by atoms with Crippen molar-refractivity contribution in [3.8, 4) is 21.4 Å². The predicted molar refractivity (Wildman–Crippen MR) is 119 cm³/mol. The first-order chi connectivity index (χ1) is 14.0. The molecule has 148 valence electrons. The molecule has 0 fully saturated rings. The Morgan fingerprint density at radius 2 is 2.03 bits per heavy atom. The zero-order valence-corrected chi connectivity index (χ0v) is 18.7. The lowest BCUT2D eigenvalue weighted by Gasteiger charge is -2.10. The fraction of sp³-hybridized carbons (Fsp3) is 0.211. The number of thioether (sulfide) groups is 1. The second-order valence-corrected chi connectivity index (χ2v) is 8.99. The van der Waals surface area contributed by atoms with Crippen molar-refractivity contribution in [2.75, 3.05) is 11.6 Å². The second kappa shape index (κ2) is 8.05. The number of thiazole rings is 1. The molecule has 4 aromatic rings. The quantitative estimate of drug-likeness (QED) is 0.358. The summed E-state index contributed by atoms with van der Waals surface area (Å²) in [5.41, 5.74) is 1.94. The maximum absolute atomic E-state index is 13.0. The van der Waals surface area contributed by atoms with E-state index in [9.17, 15) is 4.79 Å². The summed E-state index contributed by atoms with van der Waals surface area (Å²) in [6, 6.07) is 3.93. The Labute approximate surface area is 180 Å². The monoisotopic (exact) mass is 442 g/mol. The molecule has 0 atom stereocenters. The van der Waals surface area contributed by atoms with Gasteiger partial charge >= 0.3 is 0 Å². The van der Waals surface area contributed by atoms with Crippen molar-refractivity contribution in [1.82, 2.24) is 24.5 Å². The number of anilines is 1. The molecule has 4 aromatic heterocycles. The highest BCUT2D eigenvalue weighted by Crippen LogP contribution is 2.32. The maximum Gasteiger partial charge on any atom is 0.262 e. The number of nitrogens with zero attached hydrogens (tertiary/aromatic N) is 5. The van der Waals surface area contributed by atoms with Crippen molar-refractivity contribution >= 4 is 45.5 Å². The number of carbonyl (C=O) groups excluding carboxylic acids is 1. The van der Waals surface area contributed by atoms with E-state index in [0.29, 0.717) is 27.2 Å². The summed E-state index contributed by atoms with van der Waals surface area (Å²) in [4.78, 5) is 33.0. The molecule has 0 aromatic carbocycles. The number of rotatable bonds is 5. The van der Waals surface area contributed by atoms with Crippen LogP contribution in [0.1, 0.15) is 21.7 Å². The number of nitrogens with one attached hydrogen (secondary N) is 1. The molecule has 29 heavy (non-hydrogen) atoms. The van der Waals surface area contributed by atoms with E-state index in [-0.39, 0.29) is 5.91 Å². The van der Waals surface area contributed by atoms with E-state index in [1.807, 2.05) is 55.4 Å². The van der Waals surface area contributed by atoms with E-state index in [1.54, 1.807) is 17.5 Å². The molecule has 0 spiro atoms. The lowest BCUT2D eigenvalue weighted by atomic mass is 10.2. The van der Waals surface area contributed by atoms with Gasteiger partial charge in [-0.05, 0) is 31.5 Å². The van der Waals surface area contributed by atoms with Gasteiger partial charge < -0.3 is 4.57 Å². The average molecular weight is 443 g/mol. The smallest absolute Gasteiger partial charge is 0.262 e. The number of hydrogen-bond acceptors (Lipinski definition) is 8. The Balaban J connectivity index is 1.65. The van der Waals surface area contributed by atoms with Gasteiger partial charge in [-0.15, -0.1) is 23.1 Å². The molecular formula is C19H18N6OS3. The van der Waals surface area contributed by atoms with Gasteiger partial charge in [0.1, 0.15) is 5.03 Å². The molecule has 0 aliphatic heterocycles. The topological polar surface area (TPSA) is 85.6 Å². The molecule has 0 aliphatic rings. The van der Waals surface area contributed by atoms with Gasteiger partial charge in [0.2, 0.25) is 0 Å². The van der Waals surface area contributed by atoms with Gasteiger partial charge in [-0.25, -0.2) is 19.9 Å². The molecule has 0 saturated heterocycles. The van der Waals surface area contributed by atoms with Crippen molar-refractivity contribution in [3.05, 3.63) is 46.9 Å². The number of amides is 1. The minimum atomic E-state index is -0.260. The first-order valence-corrected chi connectivity index (χ1v) is 11.6. The van der Waals surface area contributed by atoms with Crippen LogP contribution in [0.5, 0.6) is 0 Å². The third-order valence-electron chi connectivity index (χ3n) is 4.26.